The highest BCUT2D eigenvalue weighted by atomic mass is 16.1. The van der Waals surface area contributed by atoms with Crippen LogP contribution in [-0.2, 0) is 13.6 Å². The molecule has 30 heavy (non-hydrogen) atoms. The molecular formula is C25H30N4O. The van der Waals surface area contributed by atoms with Gasteiger partial charge in [-0.25, -0.2) is 4.68 Å². The summed E-state index contributed by atoms with van der Waals surface area (Å²) in [5, 5.41) is 0. The van der Waals surface area contributed by atoms with Crippen LogP contribution in [-0.4, -0.2) is 51.9 Å². The molecule has 0 bridgehead atoms. The third-order valence-electron chi connectivity index (χ3n) is 5.99. The van der Waals surface area contributed by atoms with Crippen LogP contribution in [0.3, 0.4) is 0 Å². The molecular weight excluding hydrogens is 372 g/mol. The predicted molar refractivity (Wildman–Crippen MR) is 123 cm³/mol. The van der Waals surface area contributed by atoms with Crippen LogP contribution in [0.2, 0.25) is 0 Å². The minimum absolute atomic E-state index is 0.0921. The molecule has 1 aliphatic heterocycles. The summed E-state index contributed by atoms with van der Waals surface area (Å²) >= 11 is 0. The summed E-state index contributed by atoms with van der Waals surface area (Å²) < 4.78 is 3.74. The molecule has 0 amide bonds. The van der Waals surface area contributed by atoms with Gasteiger partial charge in [0.05, 0.1) is 11.3 Å². The molecule has 0 unspecified atom stereocenters. The van der Waals surface area contributed by atoms with Gasteiger partial charge in [0.2, 0.25) is 0 Å². The third kappa shape index (κ3) is 4.48. The fourth-order valence-corrected chi connectivity index (χ4v) is 4.06. The predicted octanol–water partition coefficient (Wildman–Crippen LogP) is 3.32. The topological polar surface area (TPSA) is 33.4 Å². The highest BCUT2D eigenvalue weighted by Crippen LogP contribution is 2.13. The number of benzene rings is 2. The second kappa shape index (κ2) is 9.28. The van der Waals surface area contributed by atoms with E-state index in [1.165, 1.54) is 5.56 Å². The smallest absolute Gasteiger partial charge is 0.276 e. The van der Waals surface area contributed by atoms with Crippen molar-refractivity contribution in [3.63, 3.8) is 0 Å². The lowest BCUT2D eigenvalue weighted by Gasteiger charge is -2.33. The zero-order valence-corrected chi connectivity index (χ0v) is 17.9. The summed E-state index contributed by atoms with van der Waals surface area (Å²) in [6, 6.07) is 20.3. The lowest BCUT2D eigenvalue weighted by atomic mass is 10.2. The molecule has 156 valence electrons. The first kappa shape index (κ1) is 20.4. The van der Waals surface area contributed by atoms with Gasteiger partial charge in [-0.2, -0.15) is 0 Å². The zero-order valence-electron chi connectivity index (χ0n) is 17.9. The minimum Gasteiger partial charge on any atom is -0.297 e. The van der Waals surface area contributed by atoms with Crippen LogP contribution in [0.15, 0.2) is 71.5 Å². The second-order valence-electron chi connectivity index (χ2n) is 7.93. The van der Waals surface area contributed by atoms with Gasteiger partial charge in [-0.15, -0.1) is 0 Å². The maximum atomic E-state index is 13.1. The lowest BCUT2D eigenvalue weighted by Crippen LogP contribution is -2.46. The van der Waals surface area contributed by atoms with Gasteiger partial charge in [0.1, 0.15) is 0 Å². The fraction of sp³-hybridized carbons (Fsp3) is 0.320. The molecule has 3 aromatic rings. The van der Waals surface area contributed by atoms with Crippen LogP contribution < -0.4 is 5.56 Å². The highest BCUT2D eigenvalue weighted by Gasteiger charge is 2.21. The van der Waals surface area contributed by atoms with Gasteiger partial charge < -0.3 is 0 Å². The van der Waals surface area contributed by atoms with Gasteiger partial charge in [0.15, 0.2) is 0 Å². The molecule has 4 rings (SSSR count). The van der Waals surface area contributed by atoms with E-state index < -0.39 is 0 Å². The normalized spacial score (nSPS) is 15.8. The van der Waals surface area contributed by atoms with Crippen molar-refractivity contribution in [2.24, 2.45) is 7.05 Å². The van der Waals surface area contributed by atoms with Gasteiger partial charge in [0.25, 0.3) is 5.56 Å². The van der Waals surface area contributed by atoms with Crippen molar-refractivity contribution in [3.8, 4) is 5.69 Å². The van der Waals surface area contributed by atoms with Crippen molar-refractivity contribution >= 4 is 6.08 Å². The van der Waals surface area contributed by atoms with E-state index in [9.17, 15) is 4.79 Å². The van der Waals surface area contributed by atoms with E-state index in [0.29, 0.717) is 6.54 Å². The Morgan fingerprint density at radius 3 is 2.13 bits per heavy atom. The molecule has 2 heterocycles. The summed E-state index contributed by atoms with van der Waals surface area (Å²) in [7, 11) is 1.96. The van der Waals surface area contributed by atoms with Crippen LogP contribution in [0.4, 0.5) is 0 Å². The standard InChI is InChI=1S/C25H30N4O/c1-21-24(25(30)29(26(21)2)23-13-7-4-8-14-23)20-28-18-16-27(17-19-28)15-9-12-22-10-5-3-6-11-22/h3-14H,15-20H2,1-2H3/b12-9+. The number of para-hydroxylation sites is 1. The van der Waals surface area contributed by atoms with Crippen LogP contribution >= 0.6 is 0 Å². The maximum absolute atomic E-state index is 13.1. The number of hydrogen-bond donors (Lipinski definition) is 0. The van der Waals surface area contributed by atoms with Crippen LogP contribution in [0.25, 0.3) is 11.8 Å². The van der Waals surface area contributed by atoms with Gasteiger partial charge in [-0.3, -0.25) is 19.3 Å². The number of piperazine rings is 1. The van der Waals surface area contributed by atoms with E-state index in [0.717, 1.165) is 49.7 Å². The Balaban J connectivity index is 1.36. The van der Waals surface area contributed by atoms with Gasteiger partial charge in [-0.05, 0) is 24.6 Å². The summed E-state index contributed by atoms with van der Waals surface area (Å²) in [5.74, 6) is 0. The minimum atomic E-state index is 0.0921. The molecule has 1 aliphatic rings. The fourth-order valence-electron chi connectivity index (χ4n) is 4.06. The molecule has 1 saturated heterocycles. The third-order valence-corrected chi connectivity index (χ3v) is 5.99. The zero-order chi connectivity index (χ0) is 20.9. The molecule has 0 atom stereocenters. The summed E-state index contributed by atoms with van der Waals surface area (Å²) in [5.41, 5.74) is 4.19. The van der Waals surface area contributed by atoms with Crippen molar-refractivity contribution in [2.45, 2.75) is 13.5 Å². The number of rotatable bonds is 6. The quantitative estimate of drug-likeness (QED) is 0.634. The van der Waals surface area contributed by atoms with E-state index >= 15 is 0 Å². The molecule has 1 fully saturated rings. The average Bonchev–Trinajstić information content (AvgIpc) is 2.99. The lowest BCUT2D eigenvalue weighted by molar-refractivity contribution is 0.136. The molecule has 5 nitrogen and oxygen atoms in total. The van der Waals surface area contributed by atoms with Gasteiger partial charge >= 0.3 is 0 Å². The van der Waals surface area contributed by atoms with Crippen molar-refractivity contribution in [2.75, 3.05) is 32.7 Å². The molecule has 0 N–H and O–H groups in total. The molecule has 0 spiro atoms. The Hall–Kier alpha value is -2.89. The van der Waals surface area contributed by atoms with Crippen molar-refractivity contribution < 1.29 is 0 Å². The van der Waals surface area contributed by atoms with E-state index in [-0.39, 0.29) is 5.56 Å². The summed E-state index contributed by atoms with van der Waals surface area (Å²) in [6.45, 7) is 7.74. The number of nitrogens with zero attached hydrogens (tertiary/aromatic N) is 4. The molecule has 1 aromatic heterocycles. The Kier molecular flexibility index (Phi) is 6.31. The Bertz CT molecular complexity index is 1040. The Morgan fingerprint density at radius 1 is 0.867 bits per heavy atom. The van der Waals surface area contributed by atoms with E-state index in [2.05, 4.69) is 46.2 Å². The van der Waals surface area contributed by atoms with E-state index in [4.69, 9.17) is 0 Å². The molecule has 5 heteroatoms. The van der Waals surface area contributed by atoms with Crippen LogP contribution in [0.5, 0.6) is 0 Å². The molecule has 0 aliphatic carbocycles. The van der Waals surface area contributed by atoms with E-state index in [1.54, 1.807) is 4.68 Å². The first-order chi connectivity index (χ1) is 14.6. The average molecular weight is 403 g/mol. The highest BCUT2D eigenvalue weighted by molar-refractivity contribution is 5.48. The maximum Gasteiger partial charge on any atom is 0.276 e. The van der Waals surface area contributed by atoms with Crippen molar-refractivity contribution in [1.82, 2.24) is 19.2 Å². The molecule has 0 radical (unpaired) electrons. The van der Waals surface area contributed by atoms with Crippen LogP contribution in [0, 0.1) is 6.92 Å². The molecule has 0 saturated carbocycles. The summed E-state index contributed by atoms with van der Waals surface area (Å²) in [4.78, 5) is 18.0. The monoisotopic (exact) mass is 402 g/mol. The van der Waals surface area contributed by atoms with Crippen molar-refractivity contribution in [3.05, 3.63) is 93.9 Å². The van der Waals surface area contributed by atoms with Gasteiger partial charge in [-0.1, -0.05) is 60.7 Å². The number of hydrogen-bond acceptors (Lipinski definition) is 3. The second-order valence-corrected chi connectivity index (χ2v) is 7.93. The SMILES string of the molecule is Cc1c(CN2CCN(C/C=C/c3ccccc3)CC2)c(=O)n(-c2ccccc2)n1C. The molecule has 2 aromatic carbocycles. The van der Waals surface area contributed by atoms with Crippen molar-refractivity contribution in [1.29, 1.82) is 0 Å². The van der Waals surface area contributed by atoms with E-state index in [1.807, 2.05) is 55.1 Å². The van der Waals surface area contributed by atoms with Gasteiger partial charge in [0, 0.05) is 52.0 Å². The number of aromatic nitrogens is 2. The Morgan fingerprint density at radius 2 is 1.47 bits per heavy atom. The Labute approximate surface area is 178 Å². The largest absolute Gasteiger partial charge is 0.297 e. The summed E-state index contributed by atoms with van der Waals surface area (Å²) in [6.07, 6.45) is 4.43. The first-order valence-electron chi connectivity index (χ1n) is 10.6. The van der Waals surface area contributed by atoms with Crippen LogP contribution in [0.1, 0.15) is 16.8 Å². The first-order valence-corrected chi connectivity index (χ1v) is 10.6.